The first-order valence-electron chi connectivity index (χ1n) is 5.99. The Morgan fingerprint density at radius 2 is 2.18 bits per heavy atom. The van der Waals surface area contributed by atoms with Gasteiger partial charge in [-0.2, -0.15) is 5.26 Å². The normalized spacial score (nSPS) is 25.2. The number of hydrogen-bond donors (Lipinski definition) is 1. The van der Waals surface area contributed by atoms with E-state index in [0.717, 1.165) is 18.4 Å². The first kappa shape index (κ1) is 13.7. The quantitative estimate of drug-likeness (QED) is 0.584. The Morgan fingerprint density at radius 1 is 1.53 bits per heavy atom. The van der Waals surface area contributed by atoms with E-state index in [1.807, 2.05) is 19.1 Å². The minimum absolute atomic E-state index is 0.00513. The van der Waals surface area contributed by atoms with Crippen LogP contribution in [-0.4, -0.2) is 11.2 Å². The van der Waals surface area contributed by atoms with E-state index < -0.39 is 0 Å². The van der Waals surface area contributed by atoms with Gasteiger partial charge in [-0.25, -0.2) is 0 Å². The molecule has 0 aromatic carbocycles. The Bertz CT molecular complexity index is 419. The Morgan fingerprint density at radius 3 is 2.71 bits per heavy atom. The lowest BCUT2D eigenvalue weighted by molar-refractivity contribution is 0.116. The molecule has 1 N–H and O–H groups in total. The van der Waals surface area contributed by atoms with E-state index in [9.17, 15) is 5.11 Å². The molecule has 0 aromatic heterocycles. The number of nitriles is 1. The summed E-state index contributed by atoms with van der Waals surface area (Å²) in [5.41, 5.74) is 3.49. The highest BCUT2D eigenvalue weighted by Crippen LogP contribution is 2.40. The molecular weight excluding hydrogens is 210 g/mol. The highest BCUT2D eigenvalue weighted by Gasteiger charge is 2.31. The summed E-state index contributed by atoms with van der Waals surface area (Å²) < 4.78 is 0. The van der Waals surface area contributed by atoms with E-state index in [1.165, 1.54) is 17.2 Å². The van der Waals surface area contributed by atoms with Crippen molar-refractivity contribution < 1.29 is 5.11 Å². The van der Waals surface area contributed by atoms with Crippen LogP contribution in [0.5, 0.6) is 0 Å². The fraction of sp³-hybridized carbons (Fsp3) is 0.533. The second kappa shape index (κ2) is 5.33. The smallest absolute Gasteiger partial charge is 0.0914 e. The zero-order valence-corrected chi connectivity index (χ0v) is 11.1. The molecule has 0 bridgehead atoms. The second-order valence-corrected chi connectivity index (χ2v) is 5.49. The Labute approximate surface area is 104 Å². The summed E-state index contributed by atoms with van der Waals surface area (Å²) in [4.78, 5) is 0. The first-order chi connectivity index (χ1) is 7.86. The van der Waals surface area contributed by atoms with E-state index in [4.69, 9.17) is 5.26 Å². The molecule has 2 heteroatoms. The largest absolute Gasteiger partial charge is 0.393 e. The number of aliphatic hydroxyl groups excluding tert-OH is 1. The summed E-state index contributed by atoms with van der Waals surface area (Å²) in [7, 11) is 0. The van der Waals surface area contributed by atoms with Gasteiger partial charge >= 0.3 is 0 Å². The van der Waals surface area contributed by atoms with E-state index in [1.54, 1.807) is 0 Å². The Balaban J connectivity index is 3.00. The average Bonchev–Trinajstić information content (AvgIpc) is 2.14. The molecule has 0 spiro atoms. The van der Waals surface area contributed by atoms with Gasteiger partial charge in [-0.1, -0.05) is 31.6 Å². The van der Waals surface area contributed by atoms with Crippen LogP contribution in [0.4, 0.5) is 0 Å². The molecule has 0 saturated heterocycles. The van der Waals surface area contributed by atoms with Gasteiger partial charge in [-0.3, -0.25) is 0 Å². The summed E-state index contributed by atoms with van der Waals surface area (Å²) in [5, 5.41) is 18.3. The summed E-state index contributed by atoms with van der Waals surface area (Å²) >= 11 is 0. The average molecular weight is 231 g/mol. The lowest BCUT2D eigenvalue weighted by Gasteiger charge is -2.35. The van der Waals surface area contributed by atoms with Gasteiger partial charge in [0, 0.05) is 6.08 Å². The molecule has 0 fully saturated rings. The van der Waals surface area contributed by atoms with Crippen molar-refractivity contribution in [3.05, 3.63) is 34.9 Å². The molecule has 1 aliphatic rings. The molecule has 0 heterocycles. The van der Waals surface area contributed by atoms with Crippen LogP contribution >= 0.6 is 0 Å². The fourth-order valence-corrected chi connectivity index (χ4v) is 2.54. The van der Waals surface area contributed by atoms with E-state index >= 15 is 0 Å². The van der Waals surface area contributed by atoms with Gasteiger partial charge < -0.3 is 5.11 Å². The zero-order chi connectivity index (χ0) is 13.1. The number of allylic oxidation sites excluding steroid dienone is 5. The lowest BCUT2D eigenvalue weighted by atomic mass is 9.71. The third kappa shape index (κ3) is 3.57. The maximum absolute atomic E-state index is 9.78. The predicted molar refractivity (Wildman–Crippen MR) is 70.2 cm³/mol. The van der Waals surface area contributed by atoms with Gasteiger partial charge in [0.1, 0.15) is 0 Å². The highest BCUT2D eigenvalue weighted by molar-refractivity contribution is 5.37. The molecule has 17 heavy (non-hydrogen) atoms. The van der Waals surface area contributed by atoms with Gasteiger partial charge in [-0.15, -0.1) is 0 Å². The second-order valence-electron chi connectivity index (χ2n) is 5.49. The molecule has 0 radical (unpaired) electrons. The van der Waals surface area contributed by atoms with Crippen LogP contribution in [0.2, 0.25) is 0 Å². The molecule has 0 saturated carbocycles. The van der Waals surface area contributed by atoms with Gasteiger partial charge in [0.2, 0.25) is 0 Å². The van der Waals surface area contributed by atoms with Crippen LogP contribution in [0.25, 0.3) is 0 Å². The monoisotopic (exact) mass is 231 g/mol. The number of hydrogen-bond acceptors (Lipinski definition) is 2. The van der Waals surface area contributed by atoms with Crippen LogP contribution < -0.4 is 0 Å². The molecule has 1 unspecified atom stereocenters. The maximum atomic E-state index is 9.78. The van der Waals surface area contributed by atoms with Gasteiger partial charge in [0.25, 0.3) is 0 Å². The van der Waals surface area contributed by atoms with Gasteiger partial charge in [0.05, 0.1) is 12.2 Å². The SMILES string of the molecule is CC(C=CC1=C(C)CC(O)CC1(C)C)=CC#N. The predicted octanol–water partition coefficient (Wildman–Crippen LogP) is 3.51. The van der Waals surface area contributed by atoms with Gasteiger partial charge in [-0.05, 0) is 43.3 Å². The van der Waals surface area contributed by atoms with Crippen molar-refractivity contribution in [2.24, 2.45) is 5.41 Å². The summed E-state index contributed by atoms with van der Waals surface area (Å²) in [6.07, 6.45) is 6.93. The molecule has 2 nitrogen and oxygen atoms in total. The van der Waals surface area contributed by atoms with Crippen LogP contribution in [-0.2, 0) is 0 Å². The van der Waals surface area contributed by atoms with Crippen LogP contribution in [0.1, 0.15) is 40.5 Å². The van der Waals surface area contributed by atoms with E-state index in [2.05, 4.69) is 26.8 Å². The fourth-order valence-electron chi connectivity index (χ4n) is 2.54. The van der Waals surface area contributed by atoms with Crippen molar-refractivity contribution in [2.45, 2.75) is 46.6 Å². The molecule has 92 valence electrons. The van der Waals surface area contributed by atoms with E-state index in [-0.39, 0.29) is 11.5 Å². The third-order valence-electron chi connectivity index (χ3n) is 3.28. The standard InChI is InChI=1S/C15H21NO/c1-11(7-8-16)5-6-14-12(2)9-13(17)10-15(14,3)4/h5-7,13,17H,9-10H2,1-4H3. The third-order valence-corrected chi connectivity index (χ3v) is 3.28. The van der Waals surface area contributed by atoms with Crippen LogP contribution in [0.15, 0.2) is 34.9 Å². The van der Waals surface area contributed by atoms with Crippen molar-refractivity contribution >= 4 is 0 Å². The topological polar surface area (TPSA) is 44.0 Å². The minimum atomic E-state index is -0.224. The van der Waals surface area contributed by atoms with Crippen molar-refractivity contribution in [3.63, 3.8) is 0 Å². The Kier molecular flexibility index (Phi) is 4.31. The summed E-state index contributed by atoms with van der Waals surface area (Å²) in [5.74, 6) is 0. The number of aliphatic hydroxyl groups is 1. The molecule has 1 atom stereocenters. The summed E-state index contributed by atoms with van der Waals surface area (Å²) in [6.45, 7) is 8.30. The van der Waals surface area contributed by atoms with Crippen molar-refractivity contribution in [1.29, 1.82) is 5.26 Å². The molecule has 1 rings (SSSR count). The van der Waals surface area contributed by atoms with Crippen molar-refractivity contribution in [3.8, 4) is 6.07 Å². The summed E-state index contributed by atoms with van der Waals surface area (Å²) in [6, 6.07) is 2.02. The molecule has 0 amide bonds. The van der Waals surface area contributed by atoms with E-state index in [0.29, 0.717) is 0 Å². The maximum Gasteiger partial charge on any atom is 0.0914 e. The lowest BCUT2D eigenvalue weighted by Crippen LogP contribution is -2.28. The first-order valence-corrected chi connectivity index (χ1v) is 5.99. The van der Waals surface area contributed by atoms with Crippen molar-refractivity contribution in [2.75, 3.05) is 0 Å². The highest BCUT2D eigenvalue weighted by atomic mass is 16.3. The zero-order valence-electron chi connectivity index (χ0n) is 11.1. The molecule has 0 aromatic rings. The van der Waals surface area contributed by atoms with Crippen LogP contribution in [0, 0.1) is 16.7 Å². The number of rotatable bonds is 2. The minimum Gasteiger partial charge on any atom is -0.393 e. The Hall–Kier alpha value is -1.33. The number of nitrogens with zero attached hydrogens (tertiary/aromatic N) is 1. The molecule has 1 aliphatic carbocycles. The molecule has 0 aliphatic heterocycles. The van der Waals surface area contributed by atoms with Crippen molar-refractivity contribution in [1.82, 2.24) is 0 Å². The van der Waals surface area contributed by atoms with Gasteiger partial charge in [0.15, 0.2) is 0 Å². The van der Waals surface area contributed by atoms with Crippen LogP contribution in [0.3, 0.4) is 0 Å². The molecular formula is C15H21NO.